The summed E-state index contributed by atoms with van der Waals surface area (Å²) in [6.07, 6.45) is 0.130. The van der Waals surface area contributed by atoms with E-state index >= 15 is 0 Å². The van der Waals surface area contributed by atoms with Gasteiger partial charge in [0, 0.05) is 81.0 Å². The smallest absolute Gasteiger partial charge is 0.219 e. The number of rotatable bonds is 6. The molecule has 1 fully saturated rings. The molecule has 5 rings (SSSR count). The number of piperazine rings is 1. The minimum atomic E-state index is -0.578. The van der Waals surface area contributed by atoms with Crippen LogP contribution in [0.3, 0.4) is 0 Å². The van der Waals surface area contributed by atoms with E-state index in [9.17, 15) is 15.2 Å². The Kier molecular flexibility index (Phi) is 7.47. The van der Waals surface area contributed by atoms with Crippen LogP contribution in [-0.2, 0) is 24.3 Å². The summed E-state index contributed by atoms with van der Waals surface area (Å²) in [6.45, 7) is 6.97. The summed E-state index contributed by atoms with van der Waals surface area (Å²) >= 11 is 6.10. The van der Waals surface area contributed by atoms with Gasteiger partial charge in [0.05, 0.1) is 29.6 Å². The third kappa shape index (κ3) is 5.49. The monoisotopic (exact) mass is 518 g/mol. The number of hydrogen-bond acceptors (Lipinski definition) is 6. The minimum Gasteiger partial charge on any atom is -0.390 e. The van der Waals surface area contributed by atoms with E-state index in [4.69, 9.17) is 16.7 Å². The molecule has 1 aromatic heterocycles. The highest BCUT2D eigenvalue weighted by Gasteiger charge is 2.28. The standard InChI is InChI=1S/C28H31ClN6O2/c1-20(36)34-11-10-27-25(19-34)28(21-6-8-23(29)9-7-21)31-35(27)18-24(37)17-32-12-14-33(15-13-32)26-5-3-2-4-22(26)16-30/h2-9,24,37H,10-15,17-19H2,1H3. The number of aromatic nitrogens is 2. The molecule has 1 atom stereocenters. The maximum atomic E-state index is 12.1. The zero-order valence-electron chi connectivity index (χ0n) is 21.0. The second-order valence-corrected chi connectivity index (χ2v) is 10.2. The number of fused-ring (bicyclic) bond motifs is 1. The maximum Gasteiger partial charge on any atom is 0.219 e. The van der Waals surface area contributed by atoms with E-state index in [1.54, 1.807) is 6.92 Å². The second-order valence-electron chi connectivity index (χ2n) is 9.72. The molecule has 0 radical (unpaired) electrons. The van der Waals surface area contributed by atoms with Gasteiger partial charge in [-0.15, -0.1) is 0 Å². The van der Waals surface area contributed by atoms with Gasteiger partial charge in [-0.25, -0.2) is 0 Å². The van der Waals surface area contributed by atoms with E-state index in [-0.39, 0.29) is 5.91 Å². The Hall–Kier alpha value is -3.38. The van der Waals surface area contributed by atoms with Gasteiger partial charge in [0.1, 0.15) is 6.07 Å². The molecule has 3 aromatic rings. The zero-order valence-corrected chi connectivity index (χ0v) is 21.7. The summed E-state index contributed by atoms with van der Waals surface area (Å²) in [5.41, 5.74) is 5.59. The van der Waals surface area contributed by atoms with Crippen LogP contribution in [0.2, 0.25) is 5.02 Å². The van der Waals surface area contributed by atoms with Crippen molar-refractivity contribution in [2.75, 3.05) is 44.2 Å². The summed E-state index contributed by atoms with van der Waals surface area (Å²) in [7, 11) is 0. The Labute approximate surface area is 222 Å². The van der Waals surface area contributed by atoms with E-state index in [0.717, 1.165) is 54.4 Å². The number of carbonyl (C=O) groups excluding carboxylic acids is 1. The summed E-state index contributed by atoms with van der Waals surface area (Å²) in [6, 6.07) is 17.6. The number of β-amino-alcohol motifs (C(OH)–C–C–N with tert-alkyl or cyclic N) is 1. The van der Waals surface area contributed by atoms with Gasteiger partial charge in [-0.2, -0.15) is 10.4 Å². The van der Waals surface area contributed by atoms with Crippen molar-refractivity contribution in [2.24, 2.45) is 0 Å². The van der Waals surface area contributed by atoms with E-state index in [2.05, 4.69) is 15.9 Å². The van der Waals surface area contributed by atoms with Crippen LogP contribution in [0.5, 0.6) is 0 Å². The molecule has 2 aliphatic heterocycles. The van der Waals surface area contributed by atoms with Crippen molar-refractivity contribution in [3.8, 4) is 17.3 Å². The first kappa shape index (κ1) is 25.3. The number of nitrogens with zero attached hydrogens (tertiary/aromatic N) is 6. The average molecular weight is 519 g/mol. The Morgan fingerprint density at radius 2 is 1.81 bits per heavy atom. The van der Waals surface area contributed by atoms with E-state index in [1.807, 2.05) is 58.1 Å². The van der Waals surface area contributed by atoms with Crippen LogP contribution >= 0.6 is 11.6 Å². The lowest BCUT2D eigenvalue weighted by Crippen LogP contribution is -2.49. The van der Waals surface area contributed by atoms with Crippen molar-refractivity contribution < 1.29 is 9.90 Å². The number of aliphatic hydroxyl groups is 1. The van der Waals surface area contributed by atoms with Gasteiger partial charge in [-0.05, 0) is 24.3 Å². The van der Waals surface area contributed by atoms with Crippen LogP contribution in [0, 0.1) is 11.3 Å². The first-order chi connectivity index (χ1) is 17.9. The fourth-order valence-electron chi connectivity index (χ4n) is 5.32. The maximum absolute atomic E-state index is 12.1. The van der Waals surface area contributed by atoms with Gasteiger partial charge in [0.25, 0.3) is 0 Å². The SMILES string of the molecule is CC(=O)N1CCc2c(c(-c3ccc(Cl)cc3)nn2CC(O)CN2CCN(c3ccccc3C#N)CC2)C1. The Morgan fingerprint density at radius 3 is 2.51 bits per heavy atom. The van der Waals surface area contributed by atoms with Crippen molar-refractivity contribution in [3.63, 3.8) is 0 Å². The molecule has 0 bridgehead atoms. The summed E-state index contributed by atoms with van der Waals surface area (Å²) in [5, 5.41) is 26.0. The highest BCUT2D eigenvalue weighted by Crippen LogP contribution is 2.31. The summed E-state index contributed by atoms with van der Waals surface area (Å²) in [5.74, 6) is 0.0528. The van der Waals surface area contributed by atoms with Crippen molar-refractivity contribution in [2.45, 2.75) is 32.5 Å². The molecule has 1 saturated heterocycles. The average Bonchev–Trinajstić information content (AvgIpc) is 3.26. The highest BCUT2D eigenvalue weighted by atomic mass is 35.5. The molecule has 2 aliphatic rings. The molecule has 37 heavy (non-hydrogen) atoms. The number of nitriles is 1. The third-order valence-electron chi connectivity index (χ3n) is 7.29. The lowest BCUT2D eigenvalue weighted by atomic mass is 10.0. The van der Waals surface area contributed by atoms with Gasteiger partial charge < -0.3 is 14.9 Å². The number of halogens is 1. The number of anilines is 1. The molecular formula is C28H31ClN6O2. The number of aliphatic hydroxyl groups excluding tert-OH is 1. The fourth-order valence-corrected chi connectivity index (χ4v) is 5.45. The molecule has 3 heterocycles. The van der Waals surface area contributed by atoms with E-state index in [0.29, 0.717) is 43.2 Å². The predicted molar refractivity (Wildman–Crippen MR) is 143 cm³/mol. The second kappa shape index (κ2) is 10.9. The molecule has 1 amide bonds. The number of carbonyl (C=O) groups is 1. The molecule has 8 nitrogen and oxygen atoms in total. The van der Waals surface area contributed by atoms with Gasteiger partial charge in [-0.3, -0.25) is 14.4 Å². The first-order valence-electron chi connectivity index (χ1n) is 12.7. The Balaban J connectivity index is 1.27. The number of amides is 1. The summed E-state index contributed by atoms with van der Waals surface area (Å²) in [4.78, 5) is 18.4. The largest absolute Gasteiger partial charge is 0.390 e. The third-order valence-corrected chi connectivity index (χ3v) is 7.54. The molecule has 1 N–H and O–H groups in total. The van der Waals surface area contributed by atoms with E-state index < -0.39 is 6.10 Å². The topological polar surface area (TPSA) is 88.6 Å². The predicted octanol–water partition coefficient (Wildman–Crippen LogP) is 3.16. The van der Waals surface area contributed by atoms with Crippen LogP contribution in [0.15, 0.2) is 48.5 Å². The van der Waals surface area contributed by atoms with Crippen molar-refractivity contribution >= 4 is 23.2 Å². The summed E-state index contributed by atoms with van der Waals surface area (Å²) < 4.78 is 1.93. The lowest BCUT2D eigenvalue weighted by molar-refractivity contribution is -0.129. The Bertz CT molecular complexity index is 1310. The molecule has 0 aliphatic carbocycles. The number of benzene rings is 2. The molecule has 2 aromatic carbocycles. The van der Waals surface area contributed by atoms with Gasteiger partial charge in [0.15, 0.2) is 0 Å². The molecular weight excluding hydrogens is 488 g/mol. The van der Waals surface area contributed by atoms with Crippen LogP contribution in [0.1, 0.15) is 23.7 Å². The minimum absolute atomic E-state index is 0.0528. The highest BCUT2D eigenvalue weighted by molar-refractivity contribution is 6.30. The lowest BCUT2D eigenvalue weighted by Gasteiger charge is -2.37. The molecule has 192 valence electrons. The fraction of sp³-hybridized carbons (Fsp3) is 0.393. The number of hydrogen-bond donors (Lipinski definition) is 1. The van der Waals surface area contributed by atoms with E-state index in [1.165, 1.54) is 0 Å². The molecule has 0 spiro atoms. The van der Waals surface area contributed by atoms with Gasteiger partial charge in [-0.1, -0.05) is 35.9 Å². The molecule has 1 unspecified atom stereocenters. The van der Waals surface area contributed by atoms with Crippen molar-refractivity contribution in [1.82, 2.24) is 19.6 Å². The quantitative estimate of drug-likeness (QED) is 0.539. The zero-order chi connectivity index (χ0) is 25.9. The van der Waals surface area contributed by atoms with Crippen molar-refractivity contribution in [1.29, 1.82) is 5.26 Å². The van der Waals surface area contributed by atoms with Gasteiger partial charge >= 0.3 is 0 Å². The van der Waals surface area contributed by atoms with Gasteiger partial charge in [0.2, 0.25) is 5.91 Å². The Morgan fingerprint density at radius 1 is 1.08 bits per heavy atom. The number of para-hydroxylation sites is 1. The van der Waals surface area contributed by atoms with Crippen LogP contribution in [0.4, 0.5) is 5.69 Å². The first-order valence-corrected chi connectivity index (χ1v) is 13.0. The van der Waals surface area contributed by atoms with Crippen LogP contribution in [-0.4, -0.2) is 76.0 Å². The normalized spacial score (nSPS) is 16.8. The van der Waals surface area contributed by atoms with Crippen LogP contribution < -0.4 is 4.90 Å². The molecule has 0 saturated carbocycles. The molecule has 9 heteroatoms. The van der Waals surface area contributed by atoms with Crippen molar-refractivity contribution in [3.05, 3.63) is 70.4 Å². The van der Waals surface area contributed by atoms with Crippen LogP contribution in [0.25, 0.3) is 11.3 Å².